The summed E-state index contributed by atoms with van der Waals surface area (Å²) in [5, 5.41) is 4.00. The Morgan fingerprint density at radius 3 is 2.78 bits per heavy atom. The molecule has 0 spiro atoms. The van der Waals surface area contributed by atoms with Crippen LogP contribution < -0.4 is 0 Å². The molecule has 0 aliphatic heterocycles. The maximum absolute atomic E-state index is 12.3. The van der Waals surface area contributed by atoms with Crippen LogP contribution in [0.5, 0.6) is 0 Å². The maximum Gasteiger partial charge on any atom is 0.255 e. The van der Waals surface area contributed by atoms with Gasteiger partial charge in [-0.1, -0.05) is 29.4 Å². The minimum Gasteiger partial charge on any atom is -0.337 e. The molecule has 0 atom stereocenters. The second kappa shape index (κ2) is 6.39. The number of hydrogen-bond acceptors (Lipinski definition) is 5. The number of rotatable bonds is 4. The van der Waals surface area contributed by atoms with Gasteiger partial charge >= 0.3 is 0 Å². The Bertz CT molecular complexity index is 814. The maximum atomic E-state index is 12.3. The molecule has 6 heteroatoms. The first-order valence-corrected chi connectivity index (χ1v) is 7.19. The van der Waals surface area contributed by atoms with Crippen LogP contribution in [0.25, 0.3) is 11.4 Å². The molecule has 2 heterocycles. The van der Waals surface area contributed by atoms with E-state index in [0.29, 0.717) is 17.3 Å². The van der Waals surface area contributed by atoms with E-state index in [0.717, 1.165) is 11.1 Å². The van der Waals surface area contributed by atoms with Gasteiger partial charge in [0.15, 0.2) is 0 Å². The van der Waals surface area contributed by atoms with E-state index in [1.807, 2.05) is 31.2 Å². The van der Waals surface area contributed by atoms with Crippen molar-refractivity contribution < 1.29 is 9.32 Å². The minimum atomic E-state index is -0.145. The van der Waals surface area contributed by atoms with E-state index in [1.165, 1.54) is 11.1 Å². The quantitative estimate of drug-likeness (QED) is 0.741. The first kappa shape index (κ1) is 14.9. The summed E-state index contributed by atoms with van der Waals surface area (Å²) in [7, 11) is 1.69. The lowest BCUT2D eigenvalue weighted by Crippen LogP contribution is -2.26. The van der Waals surface area contributed by atoms with Crippen LogP contribution in [0.15, 0.2) is 53.3 Å². The normalized spacial score (nSPS) is 10.5. The molecular formula is C17H16N4O2. The summed E-state index contributed by atoms with van der Waals surface area (Å²) in [5.74, 6) is 0.775. The van der Waals surface area contributed by atoms with Crippen LogP contribution in [0, 0.1) is 6.92 Å². The van der Waals surface area contributed by atoms with Gasteiger partial charge < -0.3 is 9.42 Å². The zero-order chi connectivity index (χ0) is 16.2. The summed E-state index contributed by atoms with van der Waals surface area (Å²) in [4.78, 5) is 22.1. The third-order valence-corrected chi connectivity index (χ3v) is 3.48. The molecule has 3 aromatic rings. The van der Waals surface area contributed by atoms with E-state index in [-0.39, 0.29) is 12.5 Å². The molecule has 0 aliphatic carbocycles. The SMILES string of the molecule is Cc1ccccc1-c1noc(CN(C)C(=O)c2cccnc2)n1. The molecule has 2 aromatic heterocycles. The van der Waals surface area contributed by atoms with Crippen molar-refractivity contribution in [2.45, 2.75) is 13.5 Å². The van der Waals surface area contributed by atoms with E-state index in [4.69, 9.17) is 4.52 Å². The highest BCUT2D eigenvalue weighted by Crippen LogP contribution is 2.20. The van der Waals surface area contributed by atoms with Crippen molar-refractivity contribution in [2.24, 2.45) is 0 Å². The fourth-order valence-corrected chi connectivity index (χ4v) is 2.24. The summed E-state index contributed by atoms with van der Waals surface area (Å²) in [6, 6.07) is 11.3. The zero-order valence-corrected chi connectivity index (χ0v) is 12.9. The van der Waals surface area contributed by atoms with E-state index >= 15 is 0 Å². The Morgan fingerprint density at radius 1 is 1.22 bits per heavy atom. The van der Waals surface area contributed by atoms with Crippen molar-refractivity contribution in [1.82, 2.24) is 20.0 Å². The number of benzene rings is 1. The van der Waals surface area contributed by atoms with Gasteiger partial charge in [0.25, 0.3) is 5.91 Å². The number of pyridine rings is 1. The molecule has 0 saturated carbocycles. The van der Waals surface area contributed by atoms with Crippen LogP contribution in [-0.2, 0) is 6.54 Å². The molecular weight excluding hydrogens is 292 g/mol. The van der Waals surface area contributed by atoms with Crippen LogP contribution in [0.4, 0.5) is 0 Å². The first-order valence-electron chi connectivity index (χ1n) is 7.19. The van der Waals surface area contributed by atoms with Crippen molar-refractivity contribution in [3.8, 4) is 11.4 Å². The Balaban J connectivity index is 1.74. The highest BCUT2D eigenvalue weighted by atomic mass is 16.5. The highest BCUT2D eigenvalue weighted by Gasteiger charge is 2.16. The van der Waals surface area contributed by atoms with Crippen molar-refractivity contribution in [3.63, 3.8) is 0 Å². The van der Waals surface area contributed by atoms with Crippen molar-refractivity contribution in [2.75, 3.05) is 7.05 Å². The van der Waals surface area contributed by atoms with Crippen molar-refractivity contribution in [3.05, 3.63) is 65.8 Å². The van der Waals surface area contributed by atoms with Crippen LogP contribution in [-0.4, -0.2) is 33.0 Å². The fourth-order valence-electron chi connectivity index (χ4n) is 2.24. The molecule has 0 bridgehead atoms. The molecule has 6 nitrogen and oxygen atoms in total. The number of aryl methyl sites for hydroxylation is 1. The lowest BCUT2D eigenvalue weighted by atomic mass is 10.1. The van der Waals surface area contributed by atoms with Gasteiger partial charge in [-0.05, 0) is 24.6 Å². The Hall–Kier alpha value is -3.02. The lowest BCUT2D eigenvalue weighted by Gasteiger charge is -2.14. The zero-order valence-electron chi connectivity index (χ0n) is 12.9. The average Bonchev–Trinajstić information content (AvgIpc) is 3.03. The van der Waals surface area contributed by atoms with Crippen molar-refractivity contribution in [1.29, 1.82) is 0 Å². The van der Waals surface area contributed by atoms with Crippen LogP contribution >= 0.6 is 0 Å². The Morgan fingerprint density at radius 2 is 2.04 bits per heavy atom. The topological polar surface area (TPSA) is 72.1 Å². The largest absolute Gasteiger partial charge is 0.337 e. The molecule has 1 amide bonds. The Labute approximate surface area is 133 Å². The van der Waals surface area contributed by atoms with Gasteiger partial charge in [-0.3, -0.25) is 9.78 Å². The molecule has 0 unspecified atom stereocenters. The fraction of sp³-hybridized carbons (Fsp3) is 0.176. The van der Waals surface area contributed by atoms with E-state index < -0.39 is 0 Å². The van der Waals surface area contributed by atoms with Gasteiger partial charge in [0.2, 0.25) is 11.7 Å². The highest BCUT2D eigenvalue weighted by molar-refractivity contribution is 5.93. The minimum absolute atomic E-state index is 0.145. The van der Waals surface area contributed by atoms with Gasteiger partial charge in [0.05, 0.1) is 12.1 Å². The molecule has 0 radical (unpaired) electrons. The van der Waals surface area contributed by atoms with Crippen LogP contribution in [0.3, 0.4) is 0 Å². The van der Waals surface area contributed by atoms with E-state index in [1.54, 1.807) is 25.4 Å². The number of carbonyl (C=O) groups is 1. The molecule has 1 aromatic carbocycles. The van der Waals surface area contributed by atoms with Crippen molar-refractivity contribution >= 4 is 5.91 Å². The average molecular weight is 308 g/mol. The first-order chi connectivity index (χ1) is 11.1. The van der Waals surface area contributed by atoms with Gasteiger partial charge in [-0.15, -0.1) is 0 Å². The number of carbonyl (C=O) groups excluding carboxylic acids is 1. The molecule has 0 fully saturated rings. The third-order valence-electron chi connectivity index (χ3n) is 3.48. The van der Waals surface area contributed by atoms with Crippen LogP contribution in [0.1, 0.15) is 21.8 Å². The summed E-state index contributed by atoms with van der Waals surface area (Å²) in [6.07, 6.45) is 3.16. The van der Waals surface area contributed by atoms with Crippen LogP contribution in [0.2, 0.25) is 0 Å². The van der Waals surface area contributed by atoms with Gasteiger partial charge in [-0.2, -0.15) is 4.98 Å². The molecule has 0 saturated heterocycles. The Kier molecular flexibility index (Phi) is 4.14. The summed E-state index contributed by atoms with van der Waals surface area (Å²) in [6.45, 7) is 2.23. The monoisotopic (exact) mass is 308 g/mol. The summed E-state index contributed by atoms with van der Waals surface area (Å²) < 4.78 is 5.26. The van der Waals surface area contributed by atoms with Gasteiger partial charge in [0.1, 0.15) is 0 Å². The summed E-state index contributed by atoms with van der Waals surface area (Å²) in [5.41, 5.74) is 2.51. The molecule has 23 heavy (non-hydrogen) atoms. The standard InChI is InChI=1S/C17H16N4O2/c1-12-6-3-4-8-14(12)16-19-15(23-20-16)11-21(2)17(22)13-7-5-9-18-10-13/h3-10H,11H2,1-2H3. The second-order valence-electron chi connectivity index (χ2n) is 5.23. The number of nitrogens with zero attached hydrogens (tertiary/aromatic N) is 4. The third kappa shape index (κ3) is 3.26. The molecule has 0 aliphatic rings. The molecule has 116 valence electrons. The lowest BCUT2D eigenvalue weighted by molar-refractivity contribution is 0.0769. The van der Waals surface area contributed by atoms with E-state index in [9.17, 15) is 4.79 Å². The number of amides is 1. The summed E-state index contributed by atoms with van der Waals surface area (Å²) >= 11 is 0. The van der Waals surface area contributed by atoms with Gasteiger partial charge in [0, 0.05) is 25.0 Å². The predicted molar refractivity (Wildman–Crippen MR) is 84.5 cm³/mol. The predicted octanol–water partition coefficient (Wildman–Crippen LogP) is 2.71. The second-order valence-corrected chi connectivity index (χ2v) is 5.23. The molecule has 0 N–H and O–H groups in total. The smallest absolute Gasteiger partial charge is 0.255 e. The van der Waals surface area contributed by atoms with E-state index in [2.05, 4.69) is 15.1 Å². The number of aromatic nitrogens is 3. The van der Waals surface area contributed by atoms with Gasteiger partial charge in [-0.25, -0.2) is 0 Å². The molecule has 3 rings (SSSR count). The number of hydrogen-bond donors (Lipinski definition) is 0.